The predicted octanol–water partition coefficient (Wildman–Crippen LogP) is 1.98. The normalized spacial score (nSPS) is 20.8. The largest absolute Gasteiger partial charge is 0.346 e. The number of hydrogen-bond donors (Lipinski definition) is 2. The van der Waals surface area contributed by atoms with Gasteiger partial charge in [-0.05, 0) is 23.5 Å². The summed E-state index contributed by atoms with van der Waals surface area (Å²) in [4.78, 5) is 12.2. The third kappa shape index (κ3) is 2.60. The molecule has 1 unspecified atom stereocenters. The first-order valence-electron chi connectivity index (χ1n) is 7.27. The molecule has 0 bridgehead atoms. The molecule has 1 aromatic heterocycles. The molecule has 114 valence electrons. The van der Waals surface area contributed by atoms with Crippen LogP contribution in [0.2, 0.25) is 0 Å². The van der Waals surface area contributed by atoms with Gasteiger partial charge >= 0.3 is 0 Å². The van der Waals surface area contributed by atoms with E-state index < -0.39 is 18.9 Å². The van der Waals surface area contributed by atoms with Crippen molar-refractivity contribution in [2.75, 3.05) is 19.6 Å². The van der Waals surface area contributed by atoms with Crippen molar-refractivity contribution in [3.05, 3.63) is 29.1 Å². The van der Waals surface area contributed by atoms with E-state index in [4.69, 9.17) is 0 Å². The van der Waals surface area contributed by atoms with Crippen molar-refractivity contribution in [1.29, 1.82) is 0 Å². The van der Waals surface area contributed by atoms with Crippen molar-refractivity contribution in [3.63, 3.8) is 0 Å². The number of halogens is 2. The SMILES string of the molecule is CC1CC=C2CNCCn3cc(C(=O)NCC(F)F)c1c32. The van der Waals surface area contributed by atoms with Crippen LogP contribution in [0.25, 0.3) is 5.57 Å². The molecule has 2 aliphatic rings. The van der Waals surface area contributed by atoms with Crippen LogP contribution in [0.1, 0.15) is 40.9 Å². The minimum absolute atomic E-state index is 0.232. The first kappa shape index (κ1) is 14.3. The number of carbonyl (C=O) groups excluding carboxylic acids is 1. The molecule has 21 heavy (non-hydrogen) atoms. The fourth-order valence-electron chi connectivity index (χ4n) is 3.16. The van der Waals surface area contributed by atoms with Gasteiger partial charge in [0.2, 0.25) is 0 Å². The first-order chi connectivity index (χ1) is 10.1. The molecule has 3 rings (SSSR count). The van der Waals surface area contributed by atoms with Gasteiger partial charge in [0.1, 0.15) is 0 Å². The monoisotopic (exact) mass is 295 g/mol. The molecule has 1 aliphatic heterocycles. The Bertz CT molecular complexity index is 592. The van der Waals surface area contributed by atoms with Crippen LogP contribution in [0, 0.1) is 0 Å². The molecule has 0 fully saturated rings. The highest BCUT2D eigenvalue weighted by atomic mass is 19.3. The van der Waals surface area contributed by atoms with Crippen molar-refractivity contribution in [1.82, 2.24) is 15.2 Å². The molecule has 1 amide bonds. The van der Waals surface area contributed by atoms with Crippen LogP contribution in [0.15, 0.2) is 12.3 Å². The summed E-state index contributed by atoms with van der Waals surface area (Å²) < 4.78 is 26.7. The zero-order valence-corrected chi connectivity index (χ0v) is 12.0. The van der Waals surface area contributed by atoms with E-state index in [0.717, 1.165) is 37.3 Å². The summed E-state index contributed by atoms with van der Waals surface area (Å²) in [5.74, 6) is -0.165. The molecule has 2 N–H and O–H groups in total. The summed E-state index contributed by atoms with van der Waals surface area (Å²) in [6.45, 7) is 3.89. The predicted molar refractivity (Wildman–Crippen MR) is 76.6 cm³/mol. The van der Waals surface area contributed by atoms with Crippen molar-refractivity contribution in [2.24, 2.45) is 0 Å². The quantitative estimate of drug-likeness (QED) is 0.895. The molecule has 0 spiro atoms. The zero-order valence-electron chi connectivity index (χ0n) is 12.0. The molecular formula is C15H19F2N3O. The molecule has 0 radical (unpaired) electrons. The summed E-state index contributed by atoms with van der Waals surface area (Å²) in [5, 5.41) is 5.68. The van der Waals surface area contributed by atoms with E-state index in [1.165, 1.54) is 5.57 Å². The maximum Gasteiger partial charge on any atom is 0.255 e. The zero-order chi connectivity index (χ0) is 15.0. The van der Waals surface area contributed by atoms with Gasteiger partial charge in [-0.1, -0.05) is 13.0 Å². The lowest BCUT2D eigenvalue weighted by molar-refractivity contribution is 0.0890. The lowest BCUT2D eigenvalue weighted by Crippen LogP contribution is -2.29. The Morgan fingerprint density at radius 3 is 3.14 bits per heavy atom. The summed E-state index contributed by atoms with van der Waals surface area (Å²) in [7, 11) is 0. The highest BCUT2D eigenvalue weighted by molar-refractivity contribution is 5.97. The Hall–Kier alpha value is -1.69. The van der Waals surface area contributed by atoms with Crippen molar-refractivity contribution in [3.8, 4) is 0 Å². The number of hydrogen-bond acceptors (Lipinski definition) is 2. The van der Waals surface area contributed by atoms with E-state index in [-0.39, 0.29) is 5.92 Å². The van der Waals surface area contributed by atoms with Crippen molar-refractivity contribution >= 4 is 11.5 Å². The minimum Gasteiger partial charge on any atom is -0.346 e. The molecule has 0 saturated heterocycles. The Morgan fingerprint density at radius 2 is 2.38 bits per heavy atom. The summed E-state index contributed by atoms with van der Waals surface area (Å²) in [6, 6.07) is 0. The molecular weight excluding hydrogens is 276 g/mol. The molecule has 0 aromatic carbocycles. The average Bonchev–Trinajstić information content (AvgIpc) is 2.72. The van der Waals surface area contributed by atoms with E-state index in [0.29, 0.717) is 5.56 Å². The summed E-state index contributed by atoms with van der Waals surface area (Å²) >= 11 is 0. The second-order valence-electron chi connectivity index (χ2n) is 5.64. The number of carbonyl (C=O) groups is 1. The highest BCUT2D eigenvalue weighted by Crippen LogP contribution is 2.38. The molecule has 1 aliphatic carbocycles. The maximum atomic E-state index is 12.3. The number of nitrogens with zero attached hydrogens (tertiary/aromatic N) is 1. The van der Waals surface area contributed by atoms with Crippen LogP contribution in [0.3, 0.4) is 0 Å². The van der Waals surface area contributed by atoms with Gasteiger partial charge in [-0.2, -0.15) is 0 Å². The van der Waals surface area contributed by atoms with Crippen LogP contribution in [-0.2, 0) is 6.54 Å². The van der Waals surface area contributed by atoms with Gasteiger partial charge in [0.25, 0.3) is 12.3 Å². The van der Waals surface area contributed by atoms with E-state index in [1.54, 1.807) is 0 Å². The molecule has 4 nitrogen and oxygen atoms in total. The second-order valence-corrected chi connectivity index (χ2v) is 5.64. The number of nitrogens with one attached hydrogen (secondary N) is 2. The van der Waals surface area contributed by atoms with E-state index in [1.807, 2.05) is 6.20 Å². The van der Waals surface area contributed by atoms with Crippen LogP contribution in [-0.4, -0.2) is 36.5 Å². The standard InChI is InChI=1S/C15H19F2N3O/c1-9-2-3-10-6-18-4-5-20-8-11(13(9)14(10)20)15(21)19-7-12(16)17/h3,8-9,12,18H,2,4-7H2,1H3,(H,19,21). The van der Waals surface area contributed by atoms with E-state index in [9.17, 15) is 13.6 Å². The van der Waals surface area contributed by atoms with Gasteiger partial charge in [0, 0.05) is 31.5 Å². The minimum atomic E-state index is -2.53. The van der Waals surface area contributed by atoms with Crippen LogP contribution in [0.4, 0.5) is 8.78 Å². The second kappa shape index (κ2) is 5.60. The maximum absolute atomic E-state index is 12.3. The third-order valence-corrected chi connectivity index (χ3v) is 4.14. The van der Waals surface area contributed by atoms with Crippen LogP contribution >= 0.6 is 0 Å². The number of allylic oxidation sites excluding steroid dienone is 1. The number of rotatable bonds is 3. The Kier molecular flexibility index (Phi) is 3.80. The first-order valence-corrected chi connectivity index (χ1v) is 7.27. The van der Waals surface area contributed by atoms with Crippen molar-refractivity contribution in [2.45, 2.75) is 32.2 Å². The number of aromatic nitrogens is 1. The van der Waals surface area contributed by atoms with Gasteiger partial charge in [-0.3, -0.25) is 4.79 Å². The highest BCUT2D eigenvalue weighted by Gasteiger charge is 2.29. The summed E-state index contributed by atoms with van der Waals surface area (Å²) in [6.07, 6.45) is 2.38. The fourth-order valence-corrected chi connectivity index (χ4v) is 3.16. The van der Waals surface area contributed by atoms with Crippen LogP contribution in [0.5, 0.6) is 0 Å². The number of alkyl halides is 2. The van der Waals surface area contributed by atoms with Gasteiger partial charge in [0.05, 0.1) is 12.1 Å². The van der Waals surface area contributed by atoms with Gasteiger partial charge in [0.15, 0.2) is 0 Å². The van der Waals surface area contributed by atoms with Gasteiger partial charge in [-0.15, -0.1) is 0 Å². The van der Waals surface area contributed by atoms with Gasteiger partial charge in [-0.25, -0.2) is 8.78 Å². The van der Waals surface area contributed by atoms with Crippen LogP contribution < -0.4 is 10.6 Å². The van der Waals surface area contributed by atoms with Crippen molar-refractivity contribution < 1.29 is 13.6 Å². The molecule has 6 heteroatoms. The third-order valence-electron chi connectivity index (χ3n) is 4.14. The Balaban J connectivity index is 1.99. The molecule has 0 saturated carbocycles. The van der Waals surface area contributed by atoms with E-state index >= 15 is 0 Å². The topological polar surface area (TPSA) is 46.1 Å². The smallest absolute Gasteiger partial charge is 0.255 e. The molecule has 2 heterocycles. The van der Waals surface area contributed by atoms with Gasteiger partial charge < -0.3 is 15.2 Å². The average molecular weight is 295 g/mol. The molecule has 1 atom stereocenters. The number of amides is 1. The fraction of sp³-hybridized carbons (Fsp3) is 0.533. The molecule has 1 aromatic rings. The Morgan fingerprint density at radius 1 is 1.57 bits per heavy atom. The lowest BCUT2D eigenvalue weighted by Gasteiger charge is -2.21. The summed E-state index contributed by atoms with van der Waals surface area (Å²) in [5.41, 5.74) is 3.85. The Labute approximate surface area is 122 Å². The van der Waals surface area contributed by atoms with E-state index in [2.05, 4.69) is 28.2 Å². The lowest BCUT2D eigenvalue weighted by atomic mass is 9.86.